The van der Waals surface area contributed by atoms with Crippen LogP contribution in [0.15, 0.2) is 52.2 Å². The Labute approximate surface area is 104 Å². The molecule has 0 radical (unpaired) electrons. The van der Waals surface area contributed by atoms with E-state index in [0.717, 1.165) is 0 Å². The van der Waals surface area contributed by atoms with Crippen LogP contribution < -0.4 is 11.2 Å². The maximum Gasteiger partial charge on any atom is 0.271 e. The molecular formula is C13H13N3O2. The molecule has 0 aliphatic carbocycles. The molecule has 0 fully saturated rings. The van der Waals surface area contributed by atoms with Crippen molar-refractivity contribution in [3.05, 3.63) is 54.0 Å². The van der Waals surface area contributed by atoms with Crippen molar-refractivity contribution in [1.82, 2.24) is 5.43 Å². The van der Waals surface area contributed by atoms with Crippen molar-refractivity contribution in [1.29, 1.82) is 0 Å². The van der Waals surface area contributed by atoms with Crippen LogP contribution in [0.2, 0.25) is 0 Å². The molecule has 0 aliphatic heterocycles. The van der Waals surface area contributed by atoms with Crippen molar-refractivity contribution >= 4 is 17.3 Å². The van der Waals surface area contributed by atoms with Gasteiger partial charge in [0.1, 0.15) is 11.5 Å². The average molecular weight is 243 g/mol. The van der Waals surface area contributed by atoms with Crippen LogP contribution in [-0.2, 0) is 0 Å². The number of hydrogen-bond donors (Lipinski definition) is 2. The zero-order chi connectivity index (χ0) is 13.0. The molecule has 0 unspecified atom stereocenters. The molecule has 1 aromatic carbocycles. The number of nitrogens with zero attached hydrogens (tertiary/aromatic N) is 1. The first kappa shape index (κ1) is 11.9. The Kier molecular flexibility index (Phi) is 3.43. The molecule has 0 bridgehead atoms. The summed E-state index contributed by atoms with van der Waals surface area (Å²) in [6.45, 7) is 1.75. The first-order valence-electron chi connectivity index (χ1n) is 5.41. The number of anilines is 1. The number of nitrogen functional groups attached to an aromatic ring is 1. The van der Waals surface area contributed by atoms with Gasteiger partial charge in [-0.05, 0) is 37.3 Å². The molecule has 1 heterocycles. The molecule has 0 saturated heterocycles. The van der Waals surface area contributed by atoms with Gasteiger partial charge in [-0.15, -0.1) is 0 Å². The van der Waals surface area contributed by atoms with Crippen molar-refractivity contribution in [2.45, 2.75) is 6.92 Å². The van der Waals surface area contributed by atoms with E-state index in [-0.39, 0.29) is 5.91 Å². The van der Waals surface area contributed by atoms with E-state index in [2.05, 4.69) is 10.5 Å². The summed E-state index contributed by atoms with van der Waals surface area (Å²) in [6.07, 6.45) is 1.55. The van der Waals surface area contributed by atoms with E-state index in [4.69, 9.17) is 10.2 Å². The summed E-state index contributed by atoms with van der Waals surface area (Å²) >= 11 is 0. The first-order valence-corrected chi connectivity index (χ1v) is 5.41. The minimum atomic E-state index is -0.312. The van der Waals surface area contributed by atoms with Gasteiger partial charge in [-0.1, -0.05) is 6.07 Å². The van der Waals surface area contributed by atoms with Crippen LogP contribution in [0.25, 0.3) is 0 Å². The SMILES string of the molecule is C/C(=N/NC(=O)c1cccc(N)c1)c1ccco1. The Morgan fingerprint density at radius 2 is 2.17 bits per heavy atom. The number of hydrogen-bond acceptors (Lipinski definition) is 4. The Morgan fingerprint density at radius 3 is 2.83 bits per heavy atom. The third kappa shape index (κ3) is 2.76. The van der Waals surface area contributed by atoms with Crippen LogP contribution in [0.4, 0.5) is 5.69 Å². The highest BCUT2D eigenvalue weighted by molar-refractivity contribution is 5.99. The normalized spacial score (nSPS) is 11.3. The fourth-order valence-corrected chi connectivity index (χ4v) is 1.42. The minimum Gasteiger partial charge on any atom is -0.463 e. The van der Waals surface area contributed by atoms with Crippen LogP contribution in [0.5, 0.6) is 0 Å². The van der Waals surface area contributed by atoms with Gasteiger partial charge in [0.25, 0.3) is 5.91 Å². The molecule has 0 saturated carbocycles. The highest BCUT2D eigenvalue weighted by atomic mass is 16.3. The summed E-state index contributed by atoms with van der Waals surface area (Å²) in [4.78, 5) is 11.8. The van der Waals surface area contributed by atoms with Crippen molar-refractivity contribution in [2.24, 2.45) is 5.10 Å². The van der Waals surface area contributed by atoms with Gasteiger partial charge in [-0.3, -0.25) is 4.79 Å². The summed E-state index contributed by atoms with van der Waals surface area (Å²) < 4.78 is 5.15. The van der Waals surface area contributed by atoms with Crippen molar-refractivity contribution in [3.8, 4) is 0 Å². The van der Waals surface area contributed by atoms with Crippen LogP contribution in [0.3, 0.4) is 0 Å². The van der Waals surface area contributed by atoms with Crippen LogP contribution in [-0.4, -0.2) is 11.6 Å². The molecule has 92 valence electrons. The molecule has 18 heavy (non-hydrogen) atoms. The molecule has 5 heteroatoms. The van der Waals surface area contributed by atoms with E-state index in [1.54, 1.807) is 49.6 Å². The number of hydrazone groups is 1. The summed E-state index contributed by atoms with van der Waals surface area (Å²) in [5.41, 5.74) is 9.64. The number of nitrogens with two attached hydrogens (primary N) is 1. The molecular weight excluding hydrogens is 230 g/mol. The molecule has 1 amide bonds. The molecule has 3 N–H and O–H groups in total. The Bertz CT molecular complexity index is 574. The van der Waals surface area contributed by atoms with Crippen LogP contribution in [0, 0.1) is 0 Å². The Hall–Kier alpha value is -2.56. The lowest BCUT2D eigenvalue weighted by molar-refractivity contribution is 0.0955. The van der Waals surface area contributed by atoms with E-state index in [1.165, 1.54) is 0 Å². The fourth-order valence-electron chi connectivity index (χ4n) is 1.42. The summed E-state index contributed by atoms with van der Waals surface area (Å²) in [6, 6.07) is 10.2. The summed E-state index contributed by atoms with van der Waals surface area (Å²) in [5.74, 6) is 0.302. The molecule has 0 atom stereocenters. The number of benzene rings is 1. The van der Waals surface area contributed by atoms with E-state index < -0.39 is 0 Å². The highest BCUT2D eigenvalue weighted by Crippen LogP contribution is 2.06. The van der Waals surface area contributed by atoms with Crippen molar-refractivity contribution in [2.75, 3.05) is 5.73 Å². The molecule has 2 aromatic rings. The molecule has 2 rings (SSSR count). The number of carbonyl (C=O) groups excluding carboxylic acids is 1. The van der Waals surface area contributed by atoms with Gasteiger partial charge < -0.3 is 10.2 Å². The van der Waals surface area contributed by atoms with Crippen LogP contribution >= 0.6 is 0 Å². The van der Waals surface area contributed by atoms with Gasteiger partial charge in [0, 0.05) is 11.3 Å². The van der Waals surface area contributed by atoms with Gasteiger partial charge in [0.2, 0.25) is 0 Å². The average Bonchev–Trinajstić information content (AvgIpc) is 2.89. The predicted octanol–water partition coefficient (Wildman–Crippen LogP) is 2.02. The van der Waals surface area contributed by atoms with Gasteiger partial charge in [0.15, 0.2) is 0 Å². The van der Waals surface area contributed by atoms with Gasteiger partial charge in [-0.25, -0.2) is 5.43 Å². The Balaban J connectivity index is 2.07. The number of carbonyl (C=O) groups is 1. The topological polar surface area (TPSA) is 80.6 Å². The number of furan rings is 1. The third-order valence-electron chi connectivity index (χ3n) is 2.35. The quantitative estimate of drug-likeness (QED) is 0.491. The van der Waals surface area contributed by atoms with Gasteiger partial charge in [0.05, 0.1) is 6.26 Å². The minimum absolute atomic E-state index is 0.312. The van der Waals surface area contributed by atoms with Crippen molar-refractivity contribution in [3.63, 3.8) is 0 Å². The second-order valence-electron chi connectivity index (χ2n) is 3.74. The molecule has 5 nitrogen and oxygen atoms in total. The van der Waals surface area contributed by atoms with E-state index in [1.807, 2.05) is 0 Å². The lowest BCUT2D eigenvalue weighted by atomic mass is 10.2. The number of rotatable bonds is 3. The largest absolute Gasteiger partial charge is 0.463 e. The van der Waals surface area contributed by atoms with Crippen LogP contribution in [0.1, 0.15) is 23.0 Å². The second-order valence-corrected chi connectivity index (χ2v) is 3.74. The van der Waals surface area contributed by atoms with Gasteiger partial charge >= 0.3 is 0 Å². The summed E-state index contributed by atoms with van der Waals surface area (Å²) in [7, 11) is 0. The molecule has 1 aromatic heterocycles. The predicted molar refractivity (Wildman–Crippen MR) is 69.2 cm³/mol. The molecule has 0 aliphatic rings. The number of nitrogens with one attached hydrogen (secondary N) is 1. The second kappa shape index (κ2) is 5.18. The Morgan fingerprint density at radius 1 is 1.33 bits per heavy atom. The lowest BCUT2D eigenvalue weighted by Crippen LogP contribution is -2.19. The maximum absolute atomic E-state index is 11.8. The van der Waals surface area contributed by atoms with E-state index >= 15 is 0 Å². The zero-order valence-corrected chi connectivity index (χ0v) is 9.88. The molecule has 0 spiro atoms. The van der Waals surface area contributed by atoms with E-state index in [9.17, 15) is 4.79 Å². The highest BCUT2D eigenvalue weighted by Gasteiger charge is 2.05. The third-order valence-corrected chi connectivity index (χ3v) is 2.35. The number of amides is 1. The summed E-state index contributed by atoms with van der Waals surface area (Å²) in [5, 5.41) is 3.96. The van der Waals surface area contributed by atoms with Gasteiger partial charge in [-0.2, -0.15) is 5.10 Å². The van der Waals surface area contributed by atoms with E-state index in [0.29, 0.717) is 22.7 Å². The van der Waals surface area contributed by atoms with Crippen molar-refractivity contribution < 1.29 is 9.21 Å². The maximum atomic E-state index is 11.8. The first-order chi connectivity index (χ1) is 8.66. The standard InChI is InChI=1S/C13H13N3O2/c1-9(12-6-3-7-18-12)15-16-13(17)10-4-2-5-11(14)8-10/h2-8H,14H2,1H3,(H,16,17)/b15-9-. The monoisotopic (exact) mass is 243 g/mol. The fraction of sp³-hybridized carbons (Fsp3) is 0.0769. The zero-order valence-electron chi connectivity index (χ0n) is 9.88. The smallest absolute Gasteiger partial charge is 0.271 e. The lowest BCUT2D eigenvalue weighted by Gasteiger charge is -2.02.